The van der Waals surface area contributed by atoms with Crippen LogP contribution in [0.5, 0.6) is 0 Å². The van der Waals surface area contributed by atoms with Gasteiger partial charge in [-0.3, -0.25) is 0 Å². The van der Waals surface area contributed by atoms with Crippen LogP contribution in [0.25, 0.3) is 58.4 Å². The summed E-state index contributed by atoms with van der Waals surface area (Å²) < 4.78 is 0. The summed E-state index contributed by atoms with van der Waals surface area (Å²) in [5.74, 6) is 1.42. The third-order valence-corrected chi connectivity index (χ3v) is 14.1. The fraction of sp³-hybridized carbons (Fsp3) is 0.182. The fourth-order valence-corrected chi connectivity index (χ4v) is 10.3. The molecule has 0 heteroatoms. The lowest BCUT2D eigenvalue weighted by atomic mass is 9.83. The normalized spacial score (nSPS) is 15.5. The standard InChI is InChI=1S/C66H60/c1-5-15-53(16-6-1)55-37-41-59(42-38-55)65(57-19-9-3-10-20-57)45-51-29-25-49(26-30-51)33-35-63-47-61-23-13-14-24-62(61)48-64(63)36-34-50-27-31-52(32-28-50)46-66(58-21-11-4-12-22-58)60-43-39-56(40-44-60)54-17-7-2-8-18-54/h3-4,9-14,19-48,53-54H,1-2,5-8,15-18H2/b35-33-,36-34-,65-45-,66-46-. The molecule has 2 aliphatic rings. The topological polar surface area (TPSA) is 0 Å². The number of benzene rings is 8. The van der Waals surface area contributed by atoms with Crippen molar-refractivity contribution in [3.05, 3.63) is 261 Å². The SMILES string of the molecule is C(=C/c1cc2ccccc2cc1/C=C\c1ccc(/C=C(/c2ccccc2)c2ccc(C3CCCCC3)cc2)cc1)/c1ccc(/C=C(/c2ccccc2)c2ccc(C3CCCCC3)cc2)cc1. The predicted molar refractivity (Wildman–Crippen MR) is 286 cm³/mol. The maximum absolute atomic E-state index is 2.37. The molecule has 0 aliphatic heterocycles. The largest absolute Gasteiger partial charge is 0.0622 e. The Morgan fingerprint density at radius 2 is 0.636 bits per heavy atom. The van der Waals surface area contributed by atoms with Crippen molar-refractivity contribution >= 4 is 58.4 Å². The molecule has 0 radical (unpaired) electrons. The number of fused-ring (bicyclic) bond motifs is 1. The second kappa shape index (κ2) is 20.9. The quantitative estimate of drug-likeness (QED) is 0.107. The van der Waals surface area contributed by atoms with Crippen LogP contribution in [0.15, 0.2) is 194 Å². The molecular formula is C66H60. The summed E-state index contributed by atoms with van der Waals surface area (Å²) in [6, 6.07) is 71.7. The molecule has 0 N–H and O–H groups in total. The van der Waals surface area contributed by atoms with Gasteiger partial charge in [0, 0.05) is 0 Å². The fourth-order valence-electron chi connectivity index (χ4n) is 10.3. The molecule has 0 amide bonds. The molecule has 0 saturated heterocycles. The molecule has 2 saturated carbocycles. The highest BCUT2D eigenvalue weighted by atomic mass is 14.2. The highest BCUT2D eigenvalue weighted by Crippen LogP contribution is 2.36. The van der Waals surface area contributed by atoms with Crippen molar-refractivity contribution in [1.29, 1.82) is 0 Å². The summed E-state index contributed by atoms with van der Waals surface area (Å²) in [5, 5.41) is 2.48. The molecular weight excluding hydrogens is 793 g/mol. The minimum Gasteiger partial charge on any atom is -0.0622 e. The monoisotopic (exact) mass is 852 g/mol. The van der Waals surface area contributed by atoms with Gasteiger partial charge >= 0.3 is 0 Å². The molecule has 2 aliphatic carbocycles. The first-order valence-electron chi connectivity index (χ1n) is 24.5. The van der Waals surface area contributed by atoms with E-state index in [1.807, 2.05) is 0 Å². The van der Waals surface area contributed by atoms with Crippen molar-refractivity contribution in [3.8, 4) is 0 Å². The van der Waals surface area contributed by atoms with Crippen molar-refractivity contribution in [2.45, 2.75) is 76.0 Å². The summed E-state index contributed by atoms with van der Waals surface area (Å²) in [4.78, 5) is 0. The zero-order valence-electron chi connectivity index (χ0n) is 38.2. The van der Waals surface area contributed by atoms with Gasteiger partial charge in [-0.2, -0.15) is 0 Å². The van der Waals surface area contributed by atoms with E-state index < -0.39 is 0 Å². The first-order valence-corrected chi connectivity index (χ1v) is 24.5. The van der Waals surface area contributed by atoms with Crippen LogP contribution in [0.4, 0.5) is 0 Å². The van der Waals surface area contributed by atoms with E-state index in [0.717, 1.165) is 0 Å². The van der Waals surface area contributed by atoms with Crippen LogP contribution in [0.1, 0.15) is 143 Å². The van der Waals surface area contributed by atoms with E-state index in [2.05, 4.69) is 231 Å². The van der Waals surface area contributed by atoms with E-state index in [1.54, 1.807) is 0 Å². The maximum Gasteiger partial charge on any atom is -0.0105 e. The molecule has 2 fully saturated rings. The van der Waals surface area contributed by atoms with Gasteiger partial charge in [0.2, 0.25) is 0 Å². The molecule has 8 aromatic carbocycles. The lowest BCUT2D eigenvalue weighted by Crippen LogP contribution is -2.04. The Hall–Kier alpha value is -7.02. The molecule has 0 atom stereocenters. The van der Waals surface area contributed by atoms with Crippen LogP contribution < -0.4 is 0 Å². The molecule has 0 bridgehead atoms. The summed E-state index contributed by atoms with van der Waals surface area (Å²) in [6.45, 7) is 0. The third-order valence-electron chi connectivity index (χ3n) is 14.1. The van der Waals surface area contributed by atoms with Gasteiger partial charge in [0.25, 0.3) is 0 Å². The first kappa shape index (κ1) is 42.9. The van der Waals surface area contributed by atoms with Gasteiger partial charge < -0.3 is 0 Å². The van der Waals surface area contributed by atoms with Crippen molar-refractivity contribution in [2.75, 3.05) is 0 Å². The zero-order valence-corrected chi connectivity index (χ0v) is 38.2. The first-order chi connectivity index (χ1) is 32.7. The van der Waals surface area contributed by atoms with Gasteiger partial charge in [-0.15, -0.1) is 0 Å². The number of rotatable bonds is 12. The Morgan fingerprint density at radius 1 is 0.303 bits per heavy atom. The molecule has 10 rings (SSSR count). The van der Waals surface area contributed by atoms with Crippen LogP contribution in [-0.2, 0) is 0 Å². The molecule has 0 aromatic heterocycles. The number of hydrogen-bond acceptors (Lipinski definition) is 0. The van der Waals surface area contributed by atoms with Gasteiger partial charge in [-0.05, 0) is 150 Å². The van der Waals surface area contributed by atoms with Gasteiger partial charge in [-0.1, -0.05) is 245 Å². The van der Waals surface area contributed by atoms with Crippen LogP contribution in [0.3, 0.4) is 0 Å². The maximum atomic E-state index is 2.37. The Kier molecular flexibility index (Phi) is 13.6. The van der Waals surface area contributed by atoms with Crippen LogP contribution in [-0.4, -0.2) is 0 Å². The smallest absolute Gasteiger partial charge is 0.0105 e. The summed E-state index contributed by atoms with van der Waals surface area (Å²) in [7, 11) is 0. The molecule has 0 unspecified atom stereocenters. The molecule has 66 heavy (non-hydrogen) atoms. The van der Waals surface area contributed by atoms with Gasteiger partial charge in [-0.25, -0.2) is 0 Å². The van der Waals surface area contributed by atoms with Gasteiger partial charge in [0.1, 0.15) is 0 Å². The second-order valence-electron chi connectivity index (χ2n) is 18.6. The second-order valence-corrected chi connectivity index (χ2v) is 18.6. The van der Waals surface area contributed by atoms with Gasteiger partial charge in [0.05, 0.1) is 0 Å². The molecule has 0 heterocycles. The van der Waals surface area contributed by atoms with E-state index in [-0.39, 0.29) is 0 Å². The average molecular weight is 853 g/mol. The van der Waals surface area contributed by atoms with E-state index in [9.17, 15) is 0 Å². The minimum atomic E-state index is 0.708. The van der Waals surface area contributed by atoms with E-state index in [0.29, 0.717) is 11.8 Å². The van der Waals surface area contributed by atoms with E-state index >= 15 is 0 Å². The van der Waals surface area contributed by atoms with Crippen LogP contribution in [0.2, 0.25) is 0 Å². The summed E-state index contributed by atoms with van der Waals surface area (Å²) in [6.07, 6.45) is 27.2. The molecule has 324 valence electrons. The van der Waals surface area contributed by atoms with Crippen molar-refractivity contribution in [2.24, 2.45) is 0 Å². The lowest BCUT2D eigenvalue weighted by molar-refractivity contribution is 0.443. The summed E-state index contributed by atoms with van der Waals surface area (Å²) >= 11 is 0. The van der Waals surface area contributed by atoms with Crippen molar-refractivity contribution in [1.82, 2.24) is 0 Å². The van der Waals surface area contributed by atoms with Crippen molar-refractivity contribution < 1.29 is 0 Å². The molecule has 0 nitrogen and oxygen atoms in total. The Balaban J connectivity index is 0.881. The Labute approximate surface area is 393 Å². The highest BCUT2D eigenvalue weighted by molar-refractivity contribution is 5.94. The summed E-state index contributed by atoms with van der Waals surface area (Å²) in [5.41, 5.74) is 17.6. The average Bonchev–Trinajstić information content (AvgIpc) is 3.40. The Bertz CT molecular complexity index is 2740. The lowest BCUT2D eigenvalue weighted by Gasteiger charge is -2.22. The van der Waals surface area contributed by atoms with E-state index in [1.165, 1.54) is 153 Å². The van der Waals surface area contributed by atoms with Crippen LogP contribution in [0, 0.1) is 0 Å². The van der Waals surface area contributed by atoms with E-state index in [4.69, 9.17) is 0 Å². The third kappa shape index (κ3) is 10.6. The number of hydrogen-bond donors (Lipinski definition) is 0. The Morgan fingerprint density at radius 3 is 1.02 bits per heavy atom. The van der Waals surface area contributed by atoms with Crippen LogP contribution >= 0.6 is 0 Å². The molecule has 8 aromatic rings. The molecule has 0 spiro atoms. The highest BCUT2D eigenvalue weighted by Gasteiger charge is 2.17. The van der Waals surface area contributed by atoms with Crippen molar-refractivity contribution in [3.63, 3.8) is 0 Å². The van der Waals surface area contributed by atoms with Gasteiger partial charge in [0.15, 0.2) is 0 Å². The zero-order chi connectivity index (χ0) is 44.3. The predicted octanol–water partition coefficient (Wildman–Crippen LogP) is 18.5. The minimum absolute atomic E-state index is 0.708.